The molecule has 1 aliphatic rings. The summed E-state index contributed by atoms with van der Waals surface area (Å²) in [7, 11) is 1.69. The van der Waals surface area contributed by atoms with E-state index in [4.69, 9.17) is 24.8 Å². The van der Waals surface area contributed by atoms with Crippen LogP contribution >= 0.6 is 0 Å². The first-order valence-electron chi connectivity index (χ1n) is 16.8. The highest BCUT2D eigenvalue weighted by Gasteiger charge is 2.38. The van der Waals surface area contributed by atoms with Crippen molar-refractivity contribution in [2.24, 2.45) is 0 Å². The zero-order valence-corrected chi connectivity index (χ0v) is 28.7. The first-order valence-corrected chi connectivity index (χ1v) is 16.8. The molecule has 1 saturated heterocycles. The number of benzene rings is 3. The number of amides is 1. The highest BCUT2D eigenvalue weighted by atomic mass is 19.4. The molecule has 0 aromatic heterocycles. The molecule has 0 radical (unpaired) electrons. The van der Waals surface area contributed by atoms with Crippen LogP contribution in [-0.4, -0.2) is 80.5 Å². The molecule has 0 bridgehead atoms. The minimum Gasteiger partial charge on any atom is -0.493 e. The average Bonchev–Trinajstić information content (AvgIpc) is 3.10. The first kappa shape index (κ1) is 40.0. The monoisotopic (exact) mass is 699 g/mol. The number of methoxy groups -OCH3 is 1. The molecule has 272 valence electrons. The fraction of sp³-hybridized carbons (Fsp3) is 0.432. The zero-order chi connectivity index (χ0) is 36.4. The van der Waals surface area contributed by atoms with E-state index in [2.05, 4.69) is 94.5 Å². The summed E-state index contributed by atoms with van der Waals surface area (Å²) >= 11 is 0. The molecule has 13 heteroatoms. The smallest absolute Gasteiger partial charge is 0.490 e. The van der Waals surface area contributed by atoms with Crippen LogP contribution < -0.4 is 20.7 Å². The molecule has 1 unspecified atom stereocenters. The Bertz CT molecular complexity index is 1490. The lowest BCUT2D eigenvalue weighted by molar-refractivity contribution is -0.192. The fourth-order valence-electron chi connectivity index (χ4n) is 5.27. The molecule has 1 fully saturated rings. The van der Waals surface area contributed by atoms with Crippen LogP contribution in [-0.2, 0) is 27.3 Å². The van der Waals surface area contributed by atoms with Crippen molar-refractivity contribution in [2.45, 2.75) is 57.8 Å². The Morgan fingerprint density at radius 2 is 1.72 bits per heavy atom. The van der Waals surface area contributed by atoms with E-state index in [-0.39, 0.29) is 11.9 Å². The highest BCUT2D eigenvalue weighted by molar-refractivity contribution is 5.95. The molecule has 1 aliphatic heterocycles. The number of aryl methyl sites for hydroxylation is 1. The summed E-state index contributed by atoms with van der Waals surface area (Å²) < 4.78 is 43.2. The average molecular weight is 700 g/mol. The van der Waals surface area contributed by atoms with E-state index in [1.807, 2.05) is 6.07 Å². The van der Waals surface area contributed by atoms with Crippen LogP contribution in [0, 0.1) is 5.41 Å². The maximum absolute atomic E-state index is 12.4. The number of piperazine rings is 1. The van der Waals surface area contributed by atoms with Gasteiger partial charge in [-0.25, -0.2) is 4.79 Å². The van der Waals surface area contributed by atoms with Gasteiger partial charge in [-0.2, -0.15) is 13.2 Å². The SMILES string of the molecule is CCCCNC(=N)NC(=O)CCc1ccc(-c2ccc(CN3CCNC(c4ccccc4)C3)cc2)c(OCCCOC)c1.O=C(O)C(F)(F)F. The van der Waals surface area contributed by atoms with Gasteiger partial charge < -0.3 is 25.2 Å². The van der Waals surface area contributed by atoms with Crippen molar-refractivity contribution < 1.29 is 37.3 Å². The van der Waals surface area contributed by atoms with Gasteiger partial charge in [0.15, 0.2) is 5.96 Å². The molecular weight excluding hydrogens is 651 g/mol. The summed E-state index contributed by atoms with van der Waals surface area (Å²) in [5.74, 6) is -2.06. The van der Waals surface area contributed by atoms with E-state index in [1.165, 1.54) is 11.1 Å². The molecule has 5 N–H and O–H groups in total. The lowest BCUT2D eigenvalue weighted by Gasteiger charge is -2.34. The molecule has 4 rings (SSSR count). The molecule has 0 spiro atoms. The molecule has 3 aromatic rings. The Kier molecular flexibility index (Phi) is 16.7. The number of carboxylic acid groups (broad SMARTS) is 1. The number of alkyl halides is 3. The van der Waals surface area contributed by atoms with Crippen molar-refractivity contribution in [2.75, 3.05) is 46.5 Å². The second-order valence-corrected chi connectivity index (χ2v) is 11.9. The summed E-state index contributed by atoms with van der Waals surface area (Å²) in [6.45, 7) is 7.88. The molecule has 1 atom stereocenters. The van der Waals surface area contributed by atoms with Crippen LogP contribution in [0.25, 0.3) is 11.1 Å². The summed E-state index contributed by atoms with van der Waals surface area (Å²) in [5, 5.41) is 24.2. The van der Waals surface area contributed by atoms with Crippen LogP contribution in [0.15, 0.2) is 72.8 Å². The number of carbonyl (C=O) groups excluding carboxylic acids is 1. The molecule has 10 nitrogen and oxygen atoms in total. The first-order chi connectivity index (χ1) is 24.0. The maximum atomic E-state index is 12.4. The predicted octanol–water partition coefficient (Wildman–Crippen LogP) is 5.92. The fourth-order valence-corrected chi connectivity index (χ4v) is 5.27. The van der Waals surface area contributed by atoms with E-state index in [9.17, 15) is 18.0 Å². The van der Waals surface area contributed by atoms with Gasteiger partial charge in [0.1, 0.15) is 5.75 Å². The number of hydrogen-bond acceptors (Lipinski definition) is 7. The van der Waals surface area contributed by atoms with Gasteiger partial charge in [-0.3, -0.25) is 20.4 Å². The third kappa shape index (κ3) is 14.2. The number of ether oxygens (including phenoxy) is 2. The number of carboxylic acids is 1. The summed E-state index contributed by atoms with van der Waals surface area (Å²) in [4.78, 5) is 23.8. The van der Waals surface area contributed by atoms with Crippen LogP contribution in [0.5, 0.6) is 5.75 Å². The zero-order valence-electron chi connectivity index (χ0n) is 28.7. The van der Waals surface area contributed by atoms with Crippen LogP contribution in [0.1, 0.15) is 55.3 Å². The Hall–Kier alpha value is -4.46. The topological polar surface area (TPSA) is 136 Å². The molecule has 1 heterocycles. The van der Waals surface area contributed by atoms with Crippen molar-refractivity contribution in [3.63, 3.8) is 0 Å². The molecule has 50 heavy (non-hydrogen) atoms. The van der Waals surface area contributed by atoms with Crippen LogP contribution in [0.3, 0.4) is 0 Å². The minimum atomic E-state index is -5.08. The van der Waals surface area contributed by atoms with Gasteiger partial charge in [0, 0.05) is 70.9 Å². The van der Waals surface area contributed by atoms with Crippen molar-refractivity contribution in [1.29, 1.82) is 5.41 Å². The summed E-state index contributed by atoms with van der Waals surface area (Å²) in [6.07, 6.45) is -1.42. The Labute approximate surface area is 291 Å². The second kappa shape index (κ2) is 20.9. The van der Waals surface area contributed by atoms with Gasteiger partial charge >= 0.3 is 12.1 Å². The van der Waals surface area contributed by atoms with E-state index in [1.54, 1.807) is 7.11 Å². The summed E-state index contributed by atoms with van der Waals surface area (Å²) in [6, 6.07) is 26.0. The van der Waals surface area contributed by atoms with Crippen LogP contribution in [0.2, 0.25) is 0 Å². The van der Waals surface area contributed by atoms with E-state index < -0.39 is 12.1 Å². The minimum absolute atomic E-state index is 0.0624. The van der Waals surface area contributed by atoms with Crippen molar-refractivity contribution in [1.82, 2.24) is 20.9 Å². The number of halogens is 3. The number of carbonyl (C=O) groups is 2. The summed E-state index contributed by atoms with van der Waals surface area (Å²) in [5.41, 5.74) is 5.78. The quantitative estimate of drug-likeness (QED) is 0.0750. The highest BCUT2D eigenvalue weighted by Crippen LogP contribution is 2.32. The molecule has 3 aromatic carbocycles. The Balaban J connectivity index is 0.000000872. The number of unbranched alkanes of at least 4 members (excludes halogenated alkanes) is 1. The maximum Gasteiger partial charge on any atom is 0.490 e. The molecule has 1 amide bonds. The predicted molar refractivity (Wildman–Crippen MR) is 187 cm³/mol. The van der Waals surface area contributed by atoms with Gasteiger partial charge in [-0.1, -0.05) is 80.1 Å². The lowest BCUT2D eigenvalue weighted by atomic mass is 9.99. The normalized spacial score (nSPS) is 14.6. The Morgan fingerprint density at radius 3 is 2.38 bits per heavy atom. The van der Waals surface area contributed by atoms with Gasteiger partial charge in [0.05, 0.1) is 6.61 Å². The van der Waals surface area contributed by atoms with Crippen molar-refractivity contribution in [3.8, 4) is 16.9 Å². The molecule has 0 saturated carbocycles. The lowest BCUT2D eigenvalue weighted by Crippen LogP contribution is -2.45. The van der Waals surface area contributed by atoms with Gasteiger partial charge in [0.25, 0.3) is 0 Å². The van der Waals surface area contributed by atoms with Crippen molar-refractivity contribution >= 4 is 17.8 Å². The van der Waals surface area contributed by atoms with Crippen molar-refractivity contribution in [3.05, 3.63) is 89.5 Å². The number of guanidine groups is 1. The standard InChI is InChI=1S/C35H47N5O3.C2HF3O2/c1-3-4-19-38-35(36)39-34(41)18-14-27-13-17-31(33(24-27)43-23-8-22-42-2)29-15-11-28(12-16-29)25-40-21-20-37-32(26-40)30-9-6-5-7-10-30;3-2(4,5)1(6)7/h5-7,9-13,15-17,24,32,37H,3-4,8,14,18-23,25-26H2,1-2H3,(H3,36,38,39,41);(H,6,7). The number of nitrogens with zero attached hydrogens (tertiary/aromatic N) is 1. The number of rotatable bonds is 15. The van der Waals surface area contributed by atoms with Gasteiger partial charge in [-0.05, 0) is 41.2 Å². The number of hydrogen-bond donors (Lipinski definition) is 5. The van der Waals surface area contributed by atoms with Crippen LogP contribution in [0.4, 0.5) is 13.2 Å². The molecular formula is C37H48F3N5O5. The third-order valence-corrected chi connectivity index (χ3v) is 7.91. The molecule has 0 aliphatic carbocycles. The number of aliphatic carboxylic acids is 1. The Morgan fingerprint density at radius 1 is 1.02 bits per heavy atom. The third-order valence-electron chi connectivity index (χ3n) is 7.91. The van der Waals surface area contributed by atoms with E-state index >= 15 is 0 Å². The second-order valence-electron chi connectivity index (χ2n) is 11.9. The largest absolute Gasteiger partial charge is 0.493 e. The van der Waals surface area contributed by atoms with E-state index in [0.29, 0.717) is 38.6 Å². The van der Waals surface area contributed by atoms with E-state index in [0.717, 1.165) is 67.9 Å². The van der Waals surface area contributed by atoms with Gasteiger partial charge in [0.2, 0.25) is 5.91 Å². The van der Waals surface area contributed by atoms with Gasteiger partial charge in [-0.15, -0.1) is 0 Å². The number of nitrogens with one attached hydrogen (secondary N) is 4.